The molecular formula is C14H25FN2O5S. The van der Waals surface area contributed by atoms with E-state index in [0.717, 1.165) is 0 Å². The summed E-state index contributed by atoms with van der Waals surface area (Å²) in [5.74, 6) is -1.36. The fourth-order valence-electron chi connectivity index (χ4n) is 2.44. The monoisotopic (exact) mass is 352 g/mol. The Bertz CT molecular complexity index is 544. The standard InChI is InChI=1S/C14H25FN2O5S/c1-10(6-16-13(19)22-14(2,3)4)7-17-8-11(5-12(17)18)9-23(15,20)21/h10-11H,5-9H2,1-4H3,(H,16,19). The number of rotatable bonds is 6. The van der Waals surface area contributed by atoms with E-state index >= 15 is 0 Å². The molecule has 0 spiro atoms. The third kappa shape index (κ3) is 8.15. The van der Waals surface area contributed by atoms with Crippen molar-refractivity contribution in [1.29, 1.82) is 0 Å². The summed E-state index contributed by atoms with van der Waals surface area (Å²) in [6, 6.07) is 0. The van der Waals surface area contributed by atoms with Crippen LogP contribution >= 0.6 is 0 Å². The molecule has 1 saturated heterocycles. The van der Waals surface area contributed by atoms with Gasteiger partial charge in [-0.15, -0.1) is 3.89 Å². The molecule has 0 aromatic carbocycles. The molecule has 0 aromatic rings. The van der Waals surface area contributed by atoms with Crippen LogP contribution in [0.3, 0.4) is 0 Å². The number of likely N-dealkylation sites (tertiary alicyclic amines) is 1. The van der Waals surface area contributed by atoms with Crippen LogP contribution in [0.25, 0.3) is 0 Å². The zero-order chi connectivity index (χ0) is 17.8. The first kappa shape index (κ1) is 19.7. The minimum atomic E-state index is -4.57. The van der Waals surface area contributed by atoms with Crippen LogP contribution in [0.15, 0.2) is 0 Å². The average molecular weight is 352 g/mol. The number of hydrogen-bond acceptors (Lipinski definition) is 5. The number of amides is 2. The first-order chi connectivity index (χ1) is 10.4. The summed E-state index contributed by atoms with van der Waals surface area (Å²) >= 11 is 0. The van der Waals surface area contributed by atoms with Gasteiger partial charge >= 0.3 is 16.3 Å². The summed E-state index contributed by atoms with van der Waals surface area (Å²) in [6.45, 7) is 8.05. The summed E-state index contributed by atoms with van der Waals surface area (Å²) in [5, 5.41) is 2.62. The van der Waals surface area contributed by atoms with Crippen LogP contribution in [0, 0.1) is 11.8 Å². The van der Waals surface area contributed by atoms with E-state index in [-0.39, 0.29) is 24.8 Å². The zero-order valence-corrected chi connectivity index (χ0v) is 14.8. The molecule has 2 unspecified atom stereocenters. The van der Waals surface area contributed by atoms with Gasteiger partial charge in [0.1, 0.15) is 5.60 Å². The molecule has 1 fully saturated rings. The lowest BCUT2D eigenvalue weighted by Crippen LogP contribution is -2.38. The van der Waals surface area contributed by atoms with Gasteiger partial charge in [-0.05, 0) is 26.7 Å². The second kappa shape index (κ2) is 7.46. The molecule has 1 rings (SSSR count). The highest BCUT2D eigenvalue weighted by Gasteiger charge is 2.33. The number of halogens is 1. The second-order valence-corrected chi connectivity index (χ2v) is 8.47. The van der Waals surface area contributed by atoms with Crippen molar-refractivity contribution in [2.24, 2.45) is 11.8 Å². The van der Waals surface area contributed by atoms with Crippen LogP contribution in [0.4, 0.5) is 8.68 Å². The van der Waals surface area contributed by atoms with E-state index in [0.29, 0.717) is 13.1 Å². The number of hydrogen-bond donors (Lipinski definition) is 1. The van der Waals surface area contributed by atoms with Crippen LogP contribution in [0.2, 0.25) is 0 Å². The van der Waals surface area contributed by atoms with Gasteiger partial charge in [0.25, 0.3) is 0 Å². The molecule has 0 aromatic heterocycles. The quantitative estimate of drug-likeness (QED) is 0.727. The lowest BCUT2D eigenvalue weighted by Gasteiger charge is -2.23. The topological polar surface area (TPSA) is 92.8 Å². The predicted octanol–water partition coefficient (Wildman–Crippen LogP) is 1.30. The Hall–Kier alpha value is -1.38. The maximum atomic E-state index is 12.7. The lowest BCUT2D eigenvalue weighted by atomic mass is 10.1. The fourth-order valence-corrected chi connectivity index (χ4v) is 3.22. The van der Waals surface area contributed by atoms with Crippen molar-refractivity contribution in [2.75, 3.05) is 25.4 Å². The van der Waals surface area contributed by atoms with Gasteiger partial charge in [-0.1, -0.05) is 6.92 Å². The van der Waals surface area contributed by atoms with E-state index < -0.39 is 33.6 Å². The molecule has 1 N–H and O–H groups in total. The highest BCUT2D eigenvalue weighted by Crippen LogP contribution is 2.21. The van der Waals surface area contributed by atoms with Gasteiger partial charge in [-0.25, -0.2) is 4.79 Å². The molecule has 0 bridgehead atoms. The van der Waals surface area contributed by atoms with Crippen LogP contribution < -0.4 is 5.32 Å². The van der Waals surface area contributed by atoms with E-state index in [1.165, 1.54) is 4.90 Å². The maximum absolute atomic E-state index is 12.7. The van der Waals surface area contributed by atoms with Crippen LogP contribution in [-0.2, 0) is 19.8 Å². The van der Waals surface area contributed by atoms with E-state index in [2.05, 4.69) is 5.32 Å². The van der Waals surface area contributed by atoms with Gasteiger partial charge in [0, 0.05) is 32.0 Å². The number of alkyl carbamates (subject to hydrolysis) is 1. The number of nitrogens with zero attached hydrogens (tertiary/aromatic N) is 1. The van der Waals surface area contributed by atoms with Crippen LogP contribution in [-0.4, -0.2) is 56.3 Å². The Balaban J connectivity index is 2.38. The molecule has 1 aliphatic heterocycles. The Kier molecular flexibility index (Phi) is 6.38. The lowest BCUT2D eigenvalue weighted by molar-refractivity contribution is -0.128. The zero-order valence-electron chi connectivity index (χ0n) is 14.0. The minimum Gasteiger partial charge on any atom is -0.444 e. The van der Waals surface area contributed by atoms with Gasteiger partial charge in [0.15, 0.2) is 0 Å². The molecule has 7 nitrogen and oxygen atoms in total. The van der Waals surface area contributed by atoms with Crippen molar-refractivity contribution in [3.05, 3.63) is 0 Å². The smallest absolute Gasteiger partial charge is 0.407 e. The Morgan fingerprint density at radius 3 is 2.61 bits per heavy atom. The molecular weight excluding hydrogens is 327 g/mol. The van der Waals surface area contributed by atoms with Gasteiger partial charge in [0.05, 0.1) is 5.75 Å². The van der Waals surface area contributed by atoms with Gasteiger partial charge in [0.2, 0.25) is 5.91 Å². The van der Waals surface area contributed by atoms with Gasteiger partial charge < -0.3 is 15.0 Å². The molecule has 0 aliphatic carbocycles. The van der Waals surface area contributed by atoms with Crippen molar-refractivity contribution >= 4 is 22.2 Å². The Morgan fingerprint density at radius 1 is 1.48 bits per heavy atom. The number of carbonyl (C=O) groups excluding carboxylic acids is 2. The van der Waals surface area contributed by atoms with Gasteiger partial charge in [-0.3, -0.25) is 4.79 Å². The number of nitrogens with one attached hydrogen (secondary N) is 1. The summed E-state index contributed by atoms with van der Waals surface area (Å²) in [7, 11) is -4.57. The highest BCUT2D eigenvalue weighted by atomic mass is 32.3. The van der Waals surface area contributed by atoms with E-state index in [1.54, 1.807) is 20.8 Å². The SMILES string of the molecule is CC(CNC(=O)OC(C)(C)C)CN1CC(CS(=O)(=O)F)CC1=O. The summed E-state index contributed by atoms with van der Waals surface area (Å²) in [5.41, 5.74) is -0.580. The molecule has 23 heavy (non-hydrogen) atoms. The van der Waals surface area contributed by atoms with Crippen LogP contribution in [0.1, 0.15) is 34.1 Å². The molecule has 134 valence electrons. The molecule has 9 heteroatoms. The normalized spacial score (nSPS) is 20.5. The van der Waals surface area contributed by atoms with Gasteiger partial charge in [-0.2, -0.15) is 8.42 Å². The van der Waals surface area contributed by atoms with Crippen molar-refractivity contribution in [1.82, 2.24) is 10.2 Å². The second-order valence-electron chi connectivity index (χ2n) is 7.06. The van der Waals surface area contributed by atoms with Crippen molar-refractivity contribution in [3.63, 3.8) is 0 Å². The van der Waals surface area contributed by atoms with E-state index in [4.69, 9.17) is 4.74 Å². The van der Waals surface area contributed by atoms with Crippen LogP contribution in [0.5, 0.6) is 0 Å². The van der Waals surface area contributed by atoms with E-state index in [1.807, 2.05) is 6.92 Å². The third-order valence-corrected chi connectivity index (χ3v) is 4.12. The molecule has 0 radical (unpaired) electrons. The first-order valence-corrected chi connectivity index (χ1v) is 9.08. The molecule has 2 amide bonds. The maximum Gasteiger partial charge on any atom is 0.407 e. The number of ether oxygens (including phenoxy) is 1. The summed E-state index contributed by atoms with van der Waals surface area (Å²) < 4.78 is 39.1. The fraction of sp³-hybridized carbons (Fsp3) is 0.857. The molecule has 1 aliphatic rings. The molecule has 0 saturated carbocycles. The number of carbonyl (C=O) groups is 2. The van der Waals surface area contributed by atoms with Crippen molar-refractivity contribution in [3.8, 4) is 0 Å². The van der Waals surface area contributed by atoms with Crippen molar-refractivity contribution in [2.45, 2.75) is 39.7 Å². The Labute approximate surface area is 136 Å². The third-order valence-electron chi connectivity index (χ3n) is 3.26. The molecule has 1 heterocycles. The highest BCUT2D eigenvalue weighted by molar-refractivity contribution is 7.86. The summed E-state index contributed by atoms with van der Waals surface area (Å²) in [4.78, 5) is 24.9. The summed E-state index contributed by atoms with van der Waals surface area (Å²) in [6.07, 6.45) is -0.492. The van der Waals surface area contributed by atoms with Crippen molar-refractivity contribution < 1.29 is 26.6 Å². The predicted molar refractivity (Wildman–Crippen MR) is 83.0 cm³/mol. The first-order valence-electron chi connectivity index (χ1n) is 7.52. The minimum absolute atomic E-state index is 0.0350. The van der Waals surface area contributed by atoms with E-state index in [9.17, 15) is 21.9 Å². The largest absolute Gasteiger partial charge is 0.444 e. The molecule has 2 atom stereocenters. The average Bonchev–Trinajstić information content (AvgIpc) is 2.62. The Morgan fingerprint density at radius 2 is 2.09 bits per heavy atom.